The van der Waals surface area contributed by atoms with Crippen LogP contribution in [-0.4, -0.2) is 30.3 Å². The number of halogens is 1. The fraction of sp³-hybridized carbons (Fsp3) is 0.0833. The Kier molecular flexibility index (Phi) is 5.87. The summed E-state index contributed by atoms with van der Waals surface area (Å²) in [5, 5.41) is 2.74. The van der Waals surface area contributed by atoms with E-state index in [9.17, 15) is 19.2 Å². The topological polar surface area (TPSA) is 92.8 Å². The Hall–Kier alpha value is -3.78. The Morgan fingerprint density at radius 1 is 0.875 bits per heavy atom. The molecule has 0 fully saturated rings. The number of fused-ring (bicyclic) bond motifs is 1. The van der Waals surface area contributed by atoms with Crippen LogP contribution in [0.25, 0.3) is 0 Å². The van der Waals surface area contributed by atoms with Crippen LogP contribution in [0.2, 0.25) is 0 Å². The van der Waals surface area contributed by atoms with Crippen LogP contribution in [0.1, 0.15) is 48.4 Å². The summed E-state index contributed by atoms with van der Waals surface area (Å²) < 4.78 is 5.80. The van der Waals surface area contributed by atoms with Gasteiger partial charge in [0.1, 0.15) is 0 Å². The Labute approximate surface area is 192 Å². The number of esters is 1. The van der Waals surface area contributed by atoms with Crippen LogP contribution in [0.4, 0.5) is 11.4 Å². The fourth-order valence-corrected chi connectivity index (χ4v) is 3.58. The van der Waals surface area contributed by atoms with E-state index in [1.54, 1.807) is 37.3 Å². The molecule has 1 heterocycles. The second kappa shape index (κ2) is 8.76. The second-order valence-corrected chi connectivity index (χ2v) is 7.85. The van der Waals surface area contributed by atoms with Crippen LogP contribution >= 0.6 is 15.9 Å². The number of hydrogen-bond acceptors (Lipinski definition) is 5. The summed E-state index contributed by atoms with van der Waals surface area (Å²) in [5.41, 5.74) is 1.95. The van der Waals surface area contributed by atoms with E-state index < -0.39 is 17.8 Å². The molecule has 0 atom stereocenters. The number of ether oxygens (including phenoxy) is 1. The van der Waals surface area contributed by atoms with Crippen molar-refractivity contribution in [1.29, 1.82) is 0 Å². The molecule has 0 spiro atoms. The Balaban J connectivity index is 1.55. The van der Waals surface area contributed by atoms with E-state index in [2.05, 4.69) is 21.2 Å². The van der Waals surface area contributed by atoms with Crippen LogP contribution in [0, 0.1) is 0 Å². The average molecular weight is 493 g/mol. The highest BCUT2D eigenvalue weighted by Gasteiger charge is 2.37. The minimum absolute atomic E-state index is 0.193. The summed E-state index contributed by atoms with van der Waals surface area (Å²) in [6.07, 6.45) is 0. The predicted molar refractivity (Wildman–Crippen MR) is 122 cm³/mol. The number of rotatable bonds is 5. The van der Waals surface area contributed by atoms with E-state index in [4.69, 9.17) is 4.74 Å². The molecule has 160 valence electrons. The van der Waals surface area contributed by atoms with Gasteiger partial charge in [-0.25, -0.2) is 9.69 Å². The maximum Gasteiger partial charge on any atom is 0.338 e. The van der Waals surface area contributed by atoms with Crippen LogP contribution < -0.4 is 10.2 Å². The molecule has 0 unspecified atom stereocenters. The molecule has 3 aromatic rings. The number of nitrogens with zero attached hydrogens (tertiary/aromatic N) is 1. The van der Waals surface area contributed by atoms with Crippen LogP contribution in [0.3, 0.4) is 0 Å². The van der Waals surface area contributed by atoms with Gasteiger partial charge in [0.15, 0.2) is 0 Å². The lowest BCUT2D eigenvalue weighted by Crippen LogP contribution is -2.29. The van der Waals surface area contributed by atoms with E-state index in [1.165, 1.54) is 36.4 Å². The number of nitrogens with one attached hydrogen (secondary N) is 1. The lowest BCUT2D eigenvalue weighted by molar-refractivity contribution is 0.0526. The highest BCUT2D eigenvalue weighted by Crippen LogP contribution is 2.30. The van der Waals surface area contributed by atoms with Gasteiger partial charge in [0.05, 0.1) is 29.0 Å². The number of amides is 3. The molecule has 4 rings (SSSR count). The van der Waals surface area contributed by atoms with E-state index in [1.807, 2.05) is 0 Å². The fourth-order valence-electron chi connectivity index (χ4n) is 3.32. The molecule has 8 heteroatoms. The first-order valence-corrected chi connectivity index (χ1v) is 10.5. The van der Waals surface area contributed by atoms with Crippen molar-refractivity contribution >= 4 is 51.0 Å². The number of anilines is 2. The third-order valence-corrected chi connectivity index (χ3v) is 5.42. The van der Waals surface area contributed by atoms with Gasteiger partial charge in [-0.05, 0) is 73.7 Å². The van der Waals surface area contributed by atoms with Crippen molar-refractivity contribution in [2.24, 2.45) is 0 Å². The first-order chi connectivity index (χ1) is 15.4. The summed E-state index contributed by atoms with van der Waals surface area (Å²) in [7, 11) is 0. The van der Waals surface area contributed by atoms with Crippen LogP contribution in [0.5, 0.6) is 0 Å². The first-order valence-electron chi connectivity index (χ1n) is 9.76. The Bertz CT molecular complexity index is 1240. The van der Waals surface area contributed by atoms with Gasteiger partial charge >= 0.3 is 5.97 Å². The van der Waals surface area contributed by atoms with Gasteiger partial charge in [-0.1, -0.05) is 15.9 Å². The zero-order valence-corrected chi connectivity index (χ0v) is 18.5. The van der Waals surface area contributed by atoms with Crippen molar-refractivity contribution in [1.82, 2.24) is 0 Å². The molecule has 32 heavy (non-hydrogen) atoms. The number of carbonyl (C=O) groups excluding carboxylic acids is 4. The molecule has 0 saturated heterocycles. The third-order valence-electron chi connectivity index (χ3n) is 4.89. The summed E-state index contributed by atoms with van der Waals surface area (Å²) >= 11 is 3.32. The molecule has 0 radical (unpaired) electrons. The monoisotopic (exact) mass is 492 g/mol. The highest BCUT2D eigenvalue weighted by molar-refractivity contribution is 9.10. The third kappa shape index (κ3) is 4.04. The zero-order chi connectivity index (χ0) is 22.8. The lowest BCUT2D eigenvalue weighted by atomic mass is 10.1. The number of imide groups is 1. The molecule has 1 N–H and O–H groups in total. The van der Waals surface area contributed by atoms with Crippen molar-refractivity contribution in [2.45, 2.75) is 6.92 Å². The highest BCUT2D eigenvalue weighted by atomic mass is 79.9. The van der Waals surface area contributed by atoms with Gasteiger partial charge in [0.25, 0.3) is 17.7 Å². The van der Waals surface area contributed by atoms with Gasteiger partial charge in [0, 0.05) is 15.7 Å². The zero-order valence-electron chi connectivity index (χ0n) is 16.9. The molecule has 0 saturated carbocycles. The number of benzene rings is 3. The molecule has 3 aromatic carbocycles. The van der Waals surface area contributed by atoms with E-state index in [0.717, 1.165) is 9.37 Å². The van der Waals surface area contributed by atoms with Gasteiger partial charge in [0.2, 0.25) is 0 Å². The smallest absolute Gasteiger partial charge is 0.338 e. The van der Waals surface area contributed by atoms with Crippen molar-refractivity contribution in [2.75, 3.05) is 16.8 Å². The van der Waals surface area contributed by atoms with Crippen molar-refractivity contribution in [3.63, 3.8) is 0 Å². The molecular weight excluding hydrogens is 476 g/mol. The van der Waals surface area contributed by atoms with Crippen molar-refractivity contribution < 1.29 is 23.9 Å². The minimum atomic E-state index is -0.506. The molecule has 1 aliphatic rings. The SMILES string of the molecule is CCOC(=O)c1ccc(N2C(=O)c3ccc(NC(=O)c4ccc(Br)cc4)cc3C2=O)cc1. The van der Waals surface area contributed by atoms with Gasteiger partial charge < -0.3 is 10.1 Å². The molecule has 0 aromatic heterocycles. The van der Waals surface area contributed by atoms with E-state index in [-0.39, 0.29) is 23.6 Å². The standard InChI is InChI=1S/C24H17BrN2O5/c1-2-32-24(31)15-5-10-18(11-6-15)27-22(29)19-12-9-17(13-20(19)23(27)30)26-21(28)14-3-7-16(25)8-4-14/h3-13H,2H2,1H3,(H,26,28). The molecule has 3 amide bonds. The Morgan fingerprint density at radius 3 is 2.16 bits per heavy atom. The maximum absolute atomic E-state index is 13.0. The first kappa shape index (κ1) is 21.5. The summed E-state index contributed by atoms with van der Waals surface area (Å²) in [6.45, 7) is 1.96. The van der Waals surface area contributed by atoms with Gasteiger partial charge in [-0.3, -0.25) is 14.4 Å². The normalized spacial score (nSPS) is 12.5. The van der Waals surface area contributed by atoms with E-state index in [0.29, 0.717) is 22.5 Å². The maximum atomic E-state index is 13.0. The predicted octanol–water partition coefficient (Wildman–Crippen LogP) is 4.68. The summed E-state index contributed by atoms with van der Waals surface area (Å²) in [6, 6.07) is 17.5. The average Bonchev–Trinajstić information content (AvgIpc) is 3.04. The lowest BCUT2D eigenvalue weighted by Gasteiger charge is -2.14. The molecule has 0 aliphatic carbocycles. The summed E-state index contributed by atoms with van der Waals surface area (Å²) in [5.74, 6) is -1.79. The summed E-state index contributed by atoms with van der Waals surface area (Å²) in [4.78, 5) is 51.1. The number of hydrogen-bond donors (Lipinski definition) is 1. The van der Waals surface area contributed by atoms with E-state index >= 15 is 0 Å². The Morgan fingerprint density at radius 2 is 1.50 bits per heavy atom. The minimum Gasteiger partial charge on any atom is -0.462 e. The molecule has 7 nitrogen and oxygen atoms in total. The van der Waals surface area contributed by atoms with Crippen molar-refractivity contribution in [3.8, 4) is 0 Å². The van der Waals surface area contributed by atoms with Gasteiger partial charge in [-0.15, -0.1) is 0 Å². The molecule has 1 aliphatic heterocycles. The second-order valence-electron chi connectivity index (χ2n) is 6.93. The quantitative estimate of drug-likeness (QED) is 0.412. The van der Waals surface area contributed by atoms with Gasteiger partial charge in [-0.2, -0.15) is 0 Å². The van der Waals surface area contributed by atoms with Crippen LogP contribution in [0.15, 0.2) is 71.2 Å². The van der Waals surface area contributed by atoms with Crippen molar-refractivity contribution in [3.05, 3.63) is 93.5 Å². The largest absolute Gasteiger partial charge is 0.462 e. The molecular formula is C24H17BrN2O5. The number of carbonyl (C=O) groups is 4. The molecule has 0 bridgehead atoms. The van der Waals surface area contributed by atoms with Crippen LogP contribution in [-0.2, 0) is 4.74 Å².